The summed E-state index contributed by atoms with van der Waals surface area (Å²) in [5.41, 5.74) is 2.53. The predicted molar refractivity (Wildman–Crippen MR) is 87.4 cm³/mol. The fourth-order valence-electron chi connectivity index (χ4n) is 2.55. The van der Waals surface area contributed by atoms with Crippen LogP contribution in [0.2, 0.25) is 21.7 Å². The number of aromatic nitrogens is 3. The summed E-state index contributed by atoms with van der Waals surface area (Å²) in [5.74, 6) is 0. The average Bonchev–Trinajstić information content (AvgIpc) is 2.88. The predicted octanol–water partition coefficient (Wildman–Crippen LogP) is 3.46. The second-order valence-electron chi connectivity index (χ2n) is 6.60. The summed E-state index contributed by atoms with van der Waals surface area (Å²) in [6.45, 7) is 9.39. The van der Waals surface area contributed by atoms with Gasteiger partial charge in [0.05, 0.1) is 0 Å². The van der Waals surface area contributed by atoms with Crippen molar-refractivity contribution in [2.24, 2.45) is 0 Å². The molecule has 3 nitrogen and oxygen atoms in total. The van der Waals surface area contributed by atoms with Crippen molar-refractivity contribution >= 4 is 13.3 Å². The molecule has 0 radical (unpaired) electrons. The molecule has 0 aliphatic rings. The molecule has 0 amide bonds. The zero-order valence-electron chi connectivity index (χ0n) is 13.8. The van der Waals surface area contributed by atoms with Crippen molar-refractivity contribution in [2.45, 2.75) is 42.7 Å². The quantitative estimate of drug-likeness (QED) is 0.553. The molecular formula is C16H25AcN3Si. The molecule has 0 aliphatic heterocycles. The Labute approximate surface area is 151 Å². The van der Waals surface area contributed by atoms with Gasteiger partial charge >= 0.3 is 152 Å². The average molecular weight is 514 g/mol. The van der Waals surface area contributed by atoms with Crippen molar-refractivity contribution in [3.63, 3.8) is 0 Å². The Kier molecular flexibility index (Phi) is 6.23. The Hall–Kier alpha value is 0.0184. The van der Waals surface area contributed by atoms with E-state index in [-0.39, 0.29) is 0 Å². The molecule has 0 aliphatic carbocycles. The Morgan fingerprint density at radius 1 is 1.19 bits per heavy atom. The van der Waals surface area contributed by atoms with E-state index < -0.39 is 47.8 Å². The van der Waals surface area contributed by atoms with Gasteiger partial charge in [0, 0.05) is 0 Å². The molecule has 0 saturated heterocycles. The minimum absolute atomic E-state index is 0.315. The third-order valence-electron chi connectivity index (χ3n) is 3.84. The minimum atomic E-state index is -1.21. The van der Waals surface area contributed by atoms with Crippen molar-refractivity contribution in [3.8, 4) is 0 Å². The molecule has 1 aromatic carbocycles. The number of benzene rings is 1. The molecule has 2 aromatic rings. The summed E-state index contributed by atoms with van der Waals surface area (Å²) < 4.78 is 5.67. The van der Waals surface area contributed by atoms with Gasteiger partial charge in [-0.3, -0.25) is 0 Å². The van der Waals surface area contributed by atoms with E-state index in [0.29, 0.717) is 6.04 Å². The van der Waals surface area contributed by atoms with Crippen LogP contribution in [-0.2, 0) is 1.60 Å². The van der Waals surface area contributed by atoms with Crippen LogP contribution in [0, 0.1) is 39.7 Å². The summed E-state index contributed by atoms with van der Waals surface area (Å²) >= 11 is -0.640. The van der Waals surface area contributed by atoms with Gasteiger partial charge in [-0.15, -0.1) is 0 Å². The van der Waals surface area contributed by atoms with E-state index in [1.807, 2.05) is 0 Å². The van der Waals surface area contributed by atoms with Crippen molar-refractivity contribution in [1.82, 2.24) is 15.0 Å². The van der Waals surface area contributed by atoms with Gasteiger partial charge in [-0.1, -0.05) is 0 Å². The first kappa shape index (κ1) is 17.4. The second-order valence-corrected chi connectivity index (χ2v) is 16.7. The maximum atomic E-state index is 4.36. The number of rotatable bonds is 6. The van der Waals surface area contributed by atoms with Crippen LogP contribution < -0.4 is 5.19 Å². The first-order valence-corrected chi connectivity index (χ1v) is 19.3. The van der Waals surface area contributed by atoms with E-state index in [9.17, 15) is 0 Å². The first-order valence-electron chi connectivity index (χ1n) is 7.74. The Morgan fingerprint density at radius 3 is 2.38 bits per heavy atom. The SMILES string of the molecule is CCC(c1ccc([Si](C)(C)C)cc1)n1cc([CH2][Ac][CH3])nn1. The Morgan fingerprint density at radius 2 is 1.86 bits per heavy atom. The van der Waals surface area contributed by atoms with Crippen LogP contribution in [-0.4, -0.2) is 23.1 Å². The topological polar surface area (TPSA) is 30.7 Å². The molecule has 0 spiro atoms. The molecule has 0 fully saturated rings. The summed E-state index contributed by atoms with van der Waals surface area (Å²) in [4.78, 5) is 0. The van der Waals surface area contributed by atoms with Gasteiger partial charge < -0.3 is 0 Å². The summed E-state index contributed by atoms with van der Waals surface area (Å²) in [7, 11) is -1.21. The molecule has 0 bridgehead atoms. The van der Waals surface area contributed by atoms with Crippen LogP contribution in [0.5, 0.6) is 0 Å². The van der Waals surface area contributed by atoms with Crippen LogP contribution >= 0.6 is 0 Å². The van der Waals surface area contributed by atoms with Crippen LogP contribution in [0.25, 0.3) is 0 Å². The molecule has 0 N–H and O–H groups in total. The normalized spacial score (nSPS) is 13.0. The van der Waals surface area contributed by atoms with Crippen molar-refractivity contribution in [3.05, 3.63) is 41.7 Å². The van der Waals surface area contributed by atoms with Gasteiger partial charge in [-0.05, 0) is 0 Å². The molecule has 0 saturated carbocycles. The molecule has 1 atom stereocenters. The van der Waals surface area contributed by atoms with Crippen LogP contribution in [0.1, 0.15) is 30.6 Å². The molecule has 21 heavy (non-hydrogen) atoms. The zero-order valence-corrected chi connectivity index (χ0v) is 19.5. The first-order chi connectivity index (χ1) is 9.95. The van der Waals surface area contributed by atoms with Gasteiger partial charge in [0.1, 0.15) is 0 Å². The van der Waals surface area contributed by atoms with E-state index in [1.54, 1.807) is 0 Å². The molecule has 2 rings (SSSR count). The maximum absolute atomic E-state index is 4.36. The molecule has 1 unspecified atom stereocenters. The van der Waals surface area contributed by atoms with Crippen molar-refractivity contribution < 1.29 is 39.7 Å². The standard InChI is InChI=1S/C15H22N3Si.CH3.Ac/c1-6-15(18-11-12(2)16-17-18)13-7-9-14(10-8-13)19(3,4)5;;/h7-11,15H,2,6H2,1,3-5H3;1H3;. The van der Waals surface area contributed by atoms with Gasteiger partial charge in [-0.25, -0.2) is 0 Å². The third kappa shape index (κ3) is 4.50. The summed E-state index contributed by atoms with van der Waals surface area (Å²) in [5, 5.41) is 10.2. The molecule has 111 valence electrons. The molecule has 5 heteroatoms. The van der Waals surface area contributed by atoms with Gasteiger partial charge in [0.2, 0.25) is 0 Å². The van der Waals surface area contributed by atoms with Crippen LogP contribution in [0.3, 0.4) is 0 Å². The molecule has 1 heterocycles. The molecular weight excluding hydrogens is 489 g/mol. The second kappa shape index (κ2) is 7.53. The third-order valence-corrected chi connectivity index (χ3v) is 9.30. The number of nitrogens with zero attached hydrogens (tertiary/aromatic N) is 3. The summed E-state index contributed by atoms with van der Waals surface area (Å²) in [6, 6.07) is 9.50. The zero-order chi connectivity index (χ0) is 15.5. The van der Waals surface area contributed by atoms with E-state index in [0.717, 1.165) is 6.42 Å². The van der Waals surface area contributed by atoms with Crippen molar-refractivity contribution in [2.75, 3.05) is 0 Å². The Bertz CT molecular complexity index is 572. The van der Waals surface area contributed by atoms with Crippen LogP contribution in [0.15, 0.2) is 30.5 Å². The monoisotopic (exact) mass is 514 g/mol. The number of hydrogen-bond acceptors (Lipinski definition) is 2. The van der Waals surface area contributed by atoms with E-state index in [4.69, 9.17) is 0 Å². The van der Waals surface area contributed by atoms with Crippen LogP contribution in [0.4, 0.5) is 0 Å². The summed E-state index contributed by atoms with van der Waals surface area (Å²) in [6.07, 6.45) is 3.20. The molecule has 1 aromatic heterocycles. The fourth-order valence-corrected chi connectivity index (χ4v) is 6.20. The van der Waals surface area contributed by atoms with E-state index in [1.165, 1.54) is 18.0 Å². The number of hydrogen-bond donors (Lipinski definition) is 0. The fraction of sp³-hybridized carbons (Fsp3) is 0.500. The van der Waals surface area contributed by atoms with E-state index in [2.05, 4.69) is 74.1 Å². The van der Waals surface area contributed by atoms with Gasteiger partial charge in [0.15, 0.2) is 0 Å². The van der Waals surface area contributed by atoms with Crippen molar-refractivity contribution in [1.29, 1.82) is 0 Å². The van der Waals surface area contributed by atoms with Gasteiger partial charge in [-0.2, -0.15) is 0 Å². The van der Waals surface area contributed by atoms with Gasteiger partial charge in [0.25, 0.3) is 0 Å². The van der Waals surface area contributed by atoms with E-state index >= 15 is 0 Å². The Balaban J connectivity index is 2.24.